The number of benzene rings is 1. The Morgan fingerprint density at radius 1 is 1.28 bits per heavy atom. The second kappa shape index (κ2) is 7.13. The molecule has 0 atom stereocenters. The molecule has 1 aromatic carbocycles. The number of hydrogen-bond donors (Lipinski definition) is 1. The average Bonchev–Trinajstić information content (AvgIpc) is 2.35. The number of nitrogens with one attached hydrogen (secondary N) is 1. The fourth-order valence-electron chi connectivity index (χ4n) is 2.83. The summed E-state index contributed by atoms with van der Waals surface area (Å²) in [6.07, 6.45) is 8.19. The fourth-order valence-corrected chi connectivity index (χ4v) is 4.24. The highest BCUT2D eigenvalue weighted by molar-refractivity contribution is 14.1. The van der Waals surface area contributed by atoms with Gasteiger partial charge in [-0.25, -0.2) is 0 Å². The predicted octanol–water partition coefficient (Wildman–Crippen LogP) is 5.82. The molecule has 0 saturated heterocycles. The Balaban J connectivity index is 1.87. The summed E-state index contributed by atoms with van der Waals surface area (Å²) in [4.78, 5) is 0. The lowest BCUT2D eigenvalue weighted by atomic mass is 9.83. The summed E-state index contributed by atoms with van der Waals surface area (Å²) < 4.78 is 2.46. The molecule has 0 aromatic heterocycles. The SMILES string of the molecule is CCCC1CCC(Nc2ccc(I)cc2Br)CC1. The number of hydrogen-bond acceptors (Lipinski definition) is 1. The smallest absolute Gasteiger partial charge is 0.0487 e. The van der Waals surface area contributed by atoms with Crippen LogP contribution < -0.4 is 5.32 Å². The Morgan fingerprint density at radius 3 is 2.61 bits per heavy atom. The lowest BCUT2D eigenvalue weighted by molar-refractivity contribution is 0.319. The molecule has 0 spiro atoms. The van der Waals surface area contributed by atoms with Gasteiger partial charge in [0.2, 0.25) is 0 Å². The van der Waals surface area contributed by atoms with Gasteiger partial charge in [-0.2, -0.15) is 0 Å². The molecule has 1 N–H and O–H groups in total. The van der Waals surface area contributed by atoms with Crippen molar-refractivity contribution in [3.8, 4) is 0 Å². The van der Waals surface area contributed by atoms with Crippen LogP contribution in [0.3, 0.4) is 0 Å². The third-order valence-electron chi connectivity index (χ3n) is 3.83. The molecule has 0 radical (unpaired) electrons. The Bertz CT molecular complexity index is 386. The quantitative estimate of drug-likeness (QED) is 0.603. The molecular formula is C15H21BrIN. The molecule has 1 fully saturated rings. The van der Waals surface area contributed by atoms with Crippen LogP contribution in [0.4, 0.5) is 5.69 Å². The van der Waals surface area contributed by atoms with Crippen molar-refractivity contribution in [2.24, 2.45) is 5.92 Å². The van der Waals surface area contributed by atoms with E-state index < -0.39 is 0 Å². The zero-order chi connectivity index (χ0) is 13.0. The third kappa shape index (κ3) is 4.12. The Labute approximate surface area is 132 Å². The summed E-state index contributed by atoms with van der Waals surface area (Å²) in [5.74, 6) is 0.980. The minimum Gasteiger partial charge on any atom is -0.381 e. The van der Waals surface area contributed by atoms with Crippen LogP contribution in [0.25, 0.3) is 0 Å². The highest BCUT2D eigenvalue weighted by Gasteiger charge is 2.20. The summed E-state index contributed by atoms with van der Waals surface area (Å²) in [5, 5.41) is 3.69. The second-order valence-corrected chi connectivity index (χ2v) is 7.37. The number of rotatable bonds is 4. The van der Waals surface area contributed by atoms with Crippen LogP contribution in [0.5, 0.6) is 0 Å². The van der Waals surface area contributed by atoms with Crippen molar-refractivity contribution in [3.05, 3.63) is 26.2 Å². The molecule has 100 valence electrons. The fraction of sp³-hybridized carbons (Fsp3) is 0.600. The van der Waals surface area contributed by atoms with Gasteiger partial charge in [-0.15, -0.1) is 0 Å². The summed E-state index contributed by atoms with van der Waals surface area (Å²) in [7, 11) is 0. The van der Waals surface area contributed by atoms with Crippen LogP contribution in [0, 0.1) is 9.49 Å². The molecule has 1 nitrogen and oxygen atoms in total. The summed E-state index contributed by atoms with van der Waals surface area (Å²) in [6, 6.07) is 7.18. The molecule has 3 heteroatoms. The van der Waals surface area contributed by atoms with Crippen LogP contribution in [0.1, 0.15) is 45.4 Å². The van der Waals surface area contributed by atoms with Crippen molar-refractivity contribution in [1.82, 2.24) is 0 Å². The molecule has 1 aromatic rings. The van der Waals surface area contributed by atoms with Gasteiger partial charge in [0.15, 0.2) is 0 Å². The topological polar surface area (TPSA) is 12.0 Å². The zero-order valence-electron chi connectivity index (χ0n) is 10.9. The predicted molar refractivity (Wildman–Crippen MR) is 91.1 cm³/mol. The van der Waals surface area contributed by atoms with Crippen molar-refractivity contribution >= 4 is 44.2 Å². The zero-order valence-corrected chi connectivity index (χ0v) is 14.6. The maximum Gasteiger partial charge on any atom is 0.0487 e. The van der Waals surface area contributed by atoms with E-state index in [0.717, 1.165) is 5.92 Å². The van der Waals surface area contributed by atoms with Crippen molar-refractivity contribution in [2.75, 3.05) is 5.32 Å². The van der Waals surface area contributed by atoms with Gasteiger partial charge in [0, 0.05) is 19.8 Å². The molecule has 0 aliphatic heterocycles. The lowest BCUT2D eigenvalue weighted by Gasteiger charge is -2.30. The van der Waals surface area contributed by atoms with E-state index in [1.807, 2.05) is 0 Å². The first-order valence-electron chi connectivity index (χ1n) is 6.90. The number of anilines is 1. The molecule has 0 bridgehead atoms. The van der Waals surface area contributed by atoms with Crippen LogP contribution in [-0.2, 0) is 0 Å². The van der Waals surface area contributed by atoms with E-state index in [0.29, 0.717) is 6.04 Å². The third-order valence-corrected chi connectivity index (χ3v) is 5.16. The molecule has 0 heterocycles. The van der Waals surface area contributed by atoms with Crippen molar-refractivity contribution in [3.63, 3.8) is 0 Å². The first-order chi connectivity index (χ1) is 8.69. The van der Waals surface area contributed by atoms with Gasteiger partial charge in [-0.1, -0.05) is 19.8 Å². The first-order valence-corrected chi connectivity index (χ1v) is 8.77. The van der Waals surface area contributed by atoms with Crippen molar-refractivity contribution in [1.29, 1.82) is 0 Å². The average molecular weight is 422 g/mol. The minimum absolute atomic E-state index is 0.662. The van der Waals surface area contributed by atoms with E-state index in [9.17, 15) is 0 Å². The molecule has 1 aliphatic carbocycles. The highest BCUT2D eigenvalue weighted by Crippen LogP contribution is 2.31. The van der Waals surface area contributed by atoms with Gasteiger partial charge in [0.25, 0.3) is 0 Å². The highest BCUT2D eigenvalue weighted by atomic mass is 127. The molecule has 1 saturated carbocycles. The van der Waals surface area contributed by atoms with Crippen LogP contribution >= 0.6 is 38.5 Å². The molecule has 0 unspecified atom stereocenters. The Morgan fingerprint density at radius 2 is 2.00 bits per heavy atom. The largest absolute Gasteiger partial charge is 0.381 e. The van der Waals surface area contributed by atoms with Crippen molar-refractivity contribution in [2.45, 2.75) is 51.5 Å². The van der Waals surface area contributed by atoms with Crippen LogP contribution in [0.2, 0.25) is 0 Å². The normalized spacial score (nSPS) is 23.9. The molecule has 0 amide bonds. The summed E-state index contributed by atoms with van der Waals surface area (Å²) in [6.45, 7) is 2.30. The van der Waals surface area contributed by atoms with Gasteiger partial charge < -0.3 is 5.32 Å². The van der Waals surface area contributed by atoms with Gasteiger partial charge >= 0.3 is 0 Å². The van der Waals surface area contributed by atoms with E-state index in [1.165, 1.54) is 52.3 Å². The van der Waals surface area contributed by atoms with Crippen LogP contribution in [0.15, 0.2) is 22.7 Å². The van der Waals surface area contributed by atoms with Gasteiger partial charge in [0.1, 0.15) is 0 Å². The molecule has 2 rings (SSSR count). The number of halogens is 2. The molecule has 18 heavy (non-hydrogen) atoms. The van der Waals surface area contributed by atoms with E-state index in [-0.39, 0.29) is 0 Å². The standard InChI is InChI=1S/C15H21BrIN/c1-2-3-11-4-7-13(8-5-11)18-15-9-6-12(17)10-14(15)16/h6,9-11,13,18H,2-5,7-8H2,1H3. The first kappa shape index (κ1) is 14.6. The second-order valence-electron chi connectivity index (χ2n) is 5.27. The monoisotopic (exact) mass is 421 g/mol. The minimum atomic E-state index is 0.662. The Kier molecular flexibility index (Phi) is 5.80. The van der Waals surface area contributed by atoms with E-state index >= 15 is 0 Å². The van der Waals surface area contributed by atoms with Crippen molar-refractivity contribution < 1.29 is 0 Å². The van der Waals surface area contributed by atoms with Gasteiger partial charge in [-0.05, 0) is 88.3 Å². The lowest BCUT2D eigenvalue weighted by Crippen LogP contribution is -2.26. The van der Waals surface area contributed by atoms with Gasteiger partial charge in [0.05, 0.1) is 0 Å². The molecule has 1 aliphatic rings. The van der Waals surface area contributed by atoms with E-state index in [2.05, 4.69) is 69.0 Å². The Hall–Kier alpha value is 0.230. The van der Waals surface area contributed by atoms with E-state index in [4.69, 9.17) is 0 Å². The van der Waals surface area contributed by atoms with E-state index in [1.54, 1.807) is 0 Å². The summed E-state index contributed by atoms with van der Waals surface area (Å²) >= 11 is 5.99. The summed E-state index contributed by atoms with van der Waals surface area (Å²) in [5.41, 5.74) is 1.24. The molecular weight excluding hydrogens is 401 g/mol. The maximum absolute atomic E-state index is 3.69. The maximum atomic E-state index is 3.69. The van der Waals surface area contributed by atoms with Gasteiger partial charge in [-0.3, -0.25) is 0 Å². The van der Waals surface area contributed by atoms with Crippen LogP contribution in [-0.4, -0.2) is 6.04 Å².